The fourth-order valence-corrected chi connectivity index (χ4v) is 1.13. The van der Waals surface area contributed by atoms with Crippen LogP contribution in [0.4, 0.5) is 6.01 Å². The average Bonchev–Trinajstić information content (AvgIpc) is 2.51. The first-order valence-electron chi connectivity index (χ1n) is 4.48. The van der Waals surface area contributed by atoms with Crippen molar-refractivity contribution in [3.8, 4) is 0 Å². The lowest BCUT2D eigenvalue weighted by atomic mass is 10.2. The van der Waals surface area contributed by atoms with Gasteiger partial charge < -0.3 is 15.0 Å². The van der Waals surface area contributed by atoms with Crippen LogP contribution in [0, 0.1) is 0 Å². The summed E-state index contributed by atoms with van der Waals surface area (Å²) in [4.78, 5) is 3.92. The van der Waals surface area contributed by atoms with Crippen molar-refractivity contribution in [3.63, 3.8) is 0 Å². The normalized spacial score (nSPS) is 13.1. The molecule has 2 N–H and O–H groups in total. The van der Waals surface area contributed by atoms with E-state index in [1.54, 1.807) is 0 Å². The van der Waals surface area contributed by atoms with Crippen molar-refractivity contribution in [3.05, 3.63) is 5.82 Å². The molecule has 0 bridgehead atoms. The number of nitrogens with zero attached hydrogens (tertiary/aromatic N) is 2. The summed E-state index contributed by atoms with van der Waals surface area (Å²) in [7, 11) is 0. The van der Waals surface area contributed by atoms with Crippen LogP contribution in [0.25, 0.3) is 0 Å². The van der Waals surface area contributed by atoms with Gasteiger partial charge in [0.1, 0.15) is 6.10 Å². The minimum absolute atomic E-state index is 0.0870. The van der Waals surface area contributed by atoms with E-state index in [9.17, 15) is 0 Å². The van der Waals surface area contributed by atoms with Crippen molar-refractivity contribution >= 4 is 6.01 Å². The molecular weight excluding hydrogens is 170 g/mol. The van der Waals surface area contributed by atoms with Gasteiger partial charge in [-0.25, -0.2) is 0 Å². The van der Waals surface area contributed by atoms with Gasteiger partial charge in [-0.3, -0.25) is 0 Å². The van der Waals surface area contributed by atoms with E-state index >= 15 is 0 Å². The van der Waals surface area contributed by atoms with Gasteiger partial charge in [-0.1, -0.05) is 18.5 Å². The first-order chi connectivity index (χ1) is 6.27. The zero-order chi connectivity index (χ0) is 9.68. The second kappa shape index (κ2) is 4.81. The summed E-state index contributed by atoms with van der Waals surface area (Å²) < 4.78 is 10.1. The molecule has 0 radical (unpaired) electrons. The molecule has 0 spiro atoms. The fraction of sp³-hybridized carbons (Fsp3) is 0.750. The fourth-order valence-electron chi connectivity index (χ4n) is 1.13. The van der Waals surface area contributed by atoms with Crippen LogP contribution in [0.15, 0.2) is 4.52 Å². The summed E-state index contributed by atoms with van der Waals surface area (Å²) in [5.74, 6) is 0.543. The molecule has 1 unspecified atom stereocenters. The number of hydrogen-bond acceptors (Lipinski definition) is 5. The summed E-state index contributed by atoms with van der Waals surface area (Å²) in [6.45, 7) is 4.65. The highest BCUT2D eigenvalue weighted by atomic mass is 16.5. The Morgan fingerprint density at radius 1 is 1.54 bits per heavy atom. The highest BCUT2D eigenvalue weighted by Crippen LogP contribution is 2.19. The molecule has 5 heteroatoms. The topological polar surface area (TPSA) is 74.2 Å². The number of ether oxygens (including phenoxy) is 1. The quantitative estimate of drug-likeness (QED) is 0.752. The minimum Gasteiger partial charge on any atom is -0.370 e. The van der Waals surface area contributed by atoms with Crippen LogP contribution in [0.1, 0.15) is 38.6 Å². The lowest BCUT2D eigenvalue weighted by Crippen LogP contribution is -2.06. The summed E-state index contributed by atoms with van der Waals surface area (Å²) in [5, 5.41) is 3.72. The van der Waals surface area contributed by atoms with E-state index in [-0.39, 0.29) is 12.1 Å². The predicted molar refractivity (Wildman–Crippen MR) is 48.0 cm³/mol. The zero-order valence-electron chi connectivity index (χ0n) is 7.99. The standard InChI is InChI=1S/C8H15N3O2/c1-3-5-6(12-4-2)7-10-8(9)13-11-7/h6H,3-5H2,1-2H3,(H2,9,10,11). The Hall–Kier alpha value is -1.10. The van der Waals surface area contributed by atoms with Crippen LogP contribution in [-0.2, 0) is 4.74 Å². The first-order valence-corrected chi connectivity index (χ1v) is 4.48. The Kier molecular flexibility index (Phi) is 3.70. The van der Waals surface area contributed by atoms with E-state index in [2.05, 4.69) is 21.6 Å². The SMILES string of the molecule is CCCC(OCC)c1noc(N)n1. The van der Waals surface area contributed by atoms with E-state index in [0.29, 0.717) is 12.4 Å². The third-order valence-electron chi connectivity index (χ3n) is 1.66. The predicted octanol–water partition coefficient (Wildman–Crippen LogP) is 1.53. The van der Waals surface area contributed by atoms with Gasteiger partial charge in [-0.2, -0.15) is 4.98 Å². The molecule has 0 saturated heterocycles. The molecule has 0 aliphatic rings. The van der Waals surface area contributed by atoms with Gasteiger partial charge >= 0.3 is 6.01 Å². The van der Waals surface area contributed by atoms with Crippen molar-refractivity contribution in [1.82, 2.24) is 10.1 Å². The highest BCUT2D eigenvalue weighted by Gasteiger charge is 2.16. The number of nitrogen functional groups attached to an aromatic ring is 1. The van der Waals surface area contributed by atoms with Crippen LogP contribution in [-0.4, -0.2) is 16.7 Å². The molecule has 1 atom stereocenters. The molecule has 1 aromatic heterocycles. The van der Waals surface area contributed by atoms with Crippen LogP contribution >= 0.6 is 0 Å². The summed E-state index contributed by atoms with van der Waals surface area (Å²) in [6.07, 6.45) is 1.81. The van der Waals surface area contributed by atoms with Gasteiger partial charge in [0.05, 0.1) is 0 Å². The Balaban J connectivity index is 2.63. The molecule has 1 aromatic rings. The summed E-state index contributed by atoms with van der Waals surface area (Å²) in [6, 6.07) is 0.0933. The number of aromatic nitrogens is 2. The molecule has 0 aliphatic carbocycles. The molecule has 74 valence electrons. The van der Waals surface area contributed by atoms with Gasteiger partial charge in [-0.05, 0) is 13.3 Å². The summed E-state index contributed by atoms with van der Waals surface area (Å²) >= 11 is 0. The Morgan fingerprint density at radius 3 is 2.77 bits per heavy atom. The molecular formula is C8H15N3O2. The zero-order valence-corrected chi connectivity index (χ0v) is 7.99. The molecule has 0 aromatic carbocycles. The van der Waals surface area contributed by atoms with Crippen LogP contribution in [0.5, 0.6) is 0 Å². The lowest BCUT2D eigenvalue weighted by molar-refractivity contribution is 0.0478. The van der Waals surface area contributed by atoms with Gasteiger partial charge in [0, 0.05) is 6.61 Å². The molecule has 1 rings (SSSR count). The third-order valence-corrected chi connectivity index (χ3v) is 1.66. The molecule has 5 nitrogen and oxygen atoms in total. The van der Waals surface area contributed by atoms with Crippen molar-refractivity contribution in [1.29, 1.82) is 0 Å². The largest absolute Gasteiger partial charge is 0.370 e. The van der Waals surface area contributed by atoms with E-state index in [1.807, 2.05) is 6.92 Å². The lowest BCUT2D eigenvalue weighted by Gasteiger charge is -2.10. The number of rotatable bonds is 5. The van der Waals surface area contributed by atoms with Gasteiger partial charge in [0.25, 0.3) is 0 Å². The van der Waals surface area contributed by atoms with Gasteiger partial charge in [-0.15, -0.1) is 0 Å². The van der Waals surface area contributed by atoms with Crippen LogP contribution < -0.4 is 5.73 Å². The van der Waals surface area contributed by atoms with Gasteiger partial charge in [0.2, 0.25) is 5.82 Å². The highest BCUT2D eigenvalue weighted by molar-refractivity contribution is 5.08. The molecule has 0 saturated carbocycles. The van der Waals surface area contributed by atoms with E-state index in [4.69, 9.17) is 10.5 Å². The second-order valence-electron chi connectivity index (χ2n) is 2.72. The van der Waals surface area contributed by atoms with E-state index < -0.39 is 0 Å². The van der Waals surface area contributed by atoms with E-state index in [1.165, 1.54) is 0 Å². The smallest absolute Gasteiger partial charge is 0.318 e. The molecule has 0 amide bonds. The van der Waals surface area contributed by atoms with E-state index in [0.717, 1.165) is 12.8 Å². The van der Waals surface area contributed by atoms with Crippen molar-refractivity contribution < 1.29 is 9.26 Å². The van der Waals surface area contributed by atoms with Crippen molar-refractivity contribution in [2.75, 3.05) is 12.3 Å². The maximum Gasteiger partial charge on any atom is 0.318 e. The van der Waals surface area contributed by atoms with Crippen LogP contribution in [0.3, 0.4) is 0 Å². The monoisotopic (exact) mass is 185 g/mol. The second-order valence-corrected chi connectivity index (χ2v) is 2.72. The maximum absolute atomic E-state index is 5.44. The third kappa shape index (κ3) is 2.69. The molecule has 0 aliphatic heterocycles. The Morgan fingerprint density at radius 2 is 2.31 bits per heavy atom. The van der Waals surface area contributed by atoms with Crippen molar-refractivity contribution in [2.45, 2.75) is 32.8 Å². The van der Waals surface area contributed by atoms with Gasteiger partial charge in [0.15, 0.2) is 0 Å². The summed E-state index contributed by atoms with van der Waals surface area (Å²) in [5.41, 5.74) is 5.31. The molecule has 0 fully saturated rings. The number of anilines is 1. The van der Waals surface area contributed by atoms with Crippen molar-refractivity contribution in [2.24, 2.45) is 0 Å². The molecule has 1 heterocycles. The molecule has 13 heavy (non-hydrogen) atoms. The number of hydrogen-bond donors (Lipinski definition) is 1. The average molecular weight is 185 g/mol. The first kappa shape index (κ1) is 9.98. The minimum atomic E-state index is -0.0870. The Labute approximate surface area is 77.3 Å². The Bertz CT molecular complexity index is 243. The number of nitrogens with two attached hydrogens (primary N) is 1. The van der Waals surface area contributed by atoms with Crippen LogP contribution in [0.2, 0.25) is 0 Å². The maximum atomic E-state index is 5.44.